The predicted molar refractivity (Wildman–Crippen MR) is 61.2 cm³/mol. The van der Waals surface area contributed by atoms with Crippen molar-refractivity contribution >= 4 is 17.2 Å². The molecule has 5 heteroatoms. The monoisotopic (exact) mass is 230 g/mol. The molecule has 78 valence electrons. The Balaban J connectivity index is 2.34. The molecular weight excluding hydrogens is 224 g/mol. The van der Waals surface area contributed by atoms with Crippen LogP contribution in [0.1, 0.15) is 0 Å². The first kappa shape index (κ1) is 9.30. The highest BCUT2D eigenvalue weighted by Gasteiger charge is 2.08. The summed E-state index contributed by atoms with van der Waals surface area (Å²) >= 11 is 6.07. The summed E-state index contributed by atoms with van der Waals surface area (Å²) in [4.78, 5) is 12.3. The minimum atomic E-state index is 0.531. The van der Waals surface area contributed by atoms with E-state index in [4.69, 9.17) is 11.6 Å². The van der Waals surface area contributed by atoms with Crippen LogP contribution in [0.4, 0.5) is 0 Å². The van der Waals surface area contributed by atoms with Crippen LogP contribution in [0.3, 0.4) is 0 Å². The summed E-state index contributed by atoms with van der Waals surface area (Å²) in [6.45, 7) is 0. The van der Waals surface area contributed by atoms with Crippen LogP contribution in [-0.4, -0.2) is 19.4 Å². The third-order valence-corrected chi connectivity index (χ3v) is 2.62. The van der Waals surface area contributed by atoms with E-state index < -0.39 is 0 Å². The van der Waals surface area contributed by atoms with E-state index in [2.05, 4.69) is 15.0 Å². The number of aromatic nitrogens is 4. The summed E-state index contributed by atoms with van der Waals surface area (Å²) in [7, 11) is 0. The van der Waals surface area contributed by atoms with Gasteiger partial charge in [0, 0.05) is 18.6 Å². The summed E-state index contributed by atoms with van der Waals surface area (Å²) in [6.07, 6.45) is 6.69. The maximum Gasteiger partial charge on any atom is 0.137 e. The predicted octanol–water partition coefficient (Wildman–Crippen LogP) is 2.44. The largest absolute Gasteiger partial charge is 0.298 e. The summed E-state index contributed by atoms with van der Waals surface area (Å²) in [5.41, 5.74) is 2.48. The molecule has 0 aliphatic heterocycles. The Labute approximate surface area is 96.6 Å². The molecule has 0 amide bonds. The second-order valence-corrected chi connectivity index (χ2v) is 3.69. The molecule has 0 saturated heterocycles. The first-order valence-corrected chi connectivity index (χ1v) is 5.12. The van der Waals surface area contributed by atoms with Gasteiger partial charge in [-0.25, -0.2) is 15.0 Å². The van der Waals surface area contributed by atoms with E-state index in [1.54, 1.807) is 12.4 Å². The smallest absolute Gasteiger partial charge is 0.137 e. The van der Waals surface area contributed by atoms with Crippen LogP contribution in [0.25, 0.3) is 17.0 Å². The molecule has 3 heterocycles. The molecule has 0 fully saturated rings. The van der Waals surface area contributed by atoms with Crippen LogP contribution in [0, 0.1) is 0 Å². The van der Waals surface area contributed by atoms with Crippen molar-refractivity contribution in [1.29, 1.82) is 0 Å². The number of pyridine rings is 1. The fourth-order valence-electron chi connectivity index (χ4n) is 1.64. The van der Waals surface area contributed by atoms with Crippen molar-refractivity contribution in [2.75, 3.05) is 0 Å². The topological polar surface area (TPSA) is 43.1 Å². The average Bonchev–Trinajstić information content (AvgIpc) is 2.77. The van der Waals surface area contributed by atoms with Crippen molar-refractivity contribution in [2.24, 2.45) is 0 Å². The van der Waals surface area contributed by atoms with Gasteiger partial charge in [0.05, 0.1) is 10.7 Å². The highest BCUT2D eigenvalue weighted by atomic mass is 35.5. The van der Waals surface area contributed by atoms with Gasteiger partial charge in [0.15, 0.2) is 0 Å². The molecule has 0 aliphatic rings. The zero-order valence-corrected chi connectivity index (χ0v) is 8.96. The number of imidazole rings is 1. The standard InChI is InChI=1S/C11H7ClN4/c12-8-6-13-7-15-11(8)9-2-1-3-10-14-4-5-16(9)10/h1-7H. The third-order valence-electron chi connectivity index (χ3n) is 2.34. The van der Waals surface area contributed by atoms with Crippen LogP contribution in [0.2, 0.25) is 5.02 Å². The van der Waals surface area contributed by atoms with Gasteiger partial charge in [-0.3, -0.25) is 4.40 Å². The average molecular weight is 231 g/mol. The Morgan fingerprint density at radius 1 is 1.19 bits per heavy atom. The molecule has 16 heavy (non-hydrogen) atoms. The van der Waals surface area contributed by atoms with Gasteiger partial charge in [-0.2, -0.15) is 0 Å². The van der Waals surface area contributed by atoms with E-state index in [0.717, 1.165) is 11.3 Å². The molecule has 0 aliphatic carbocycles. The lowest BCUT2D eigenvalue weighted by atomic mass is 10.2. The van der Waals surface area contributed by atoms with Crippen LogP contribution in [0.5, 0.6) is 0 Å². The molecule has 0 atom stereocenters. The van der Waals surface area contributed by atoms with Gasteiger partial charge < -0.3 is 0 Å². The molecule has 3 aromatic rings. The van der Waals surface area contributed by atoms with Gasteiger partial charge in [-0.15, -0.1) is 0 Å². The zero-order valence-electron chi connectivity index (χ0n) is 8.21. The van der Waals surface area contributed by atoms with E-state index in [-0.39, 0.29) is 0 Å². The van der Waals surface area contributed by atoms with Crippen LogP contribution in [0.15, 0.2) is 43.1 Å². The fourth-order valence-corrected chi connectivity index (χ4v) is 1.84. The molecule has 0 spiro atoms. The maximum absolute atomic E-state index is 6.07. The minimum absolute atomic E-state index is 0.531. The van der Waals surface area contributed by atoms with Gasteiger partial charge >= 0.3 is 0 Å². The molecule has 3 rings (SSSR count). The minimum Gasteiger partial charge on any atom is -0.298 e. The van der Waals surface area contributed by atoms with E-state index in [1.807, 2.05) is 28.8 Å². The van der Waals surface area contributed by atoms with Gasteiger partial charge in [-0.1, -0.05) is 17.7 Å². The molecule has 3 aromatic heterocycles. The zero-order chi connectivity index (χ0) is 11.0. The first-order chi connectivity index (χ1) is 7.86. The van der Waals surface area contributed by atoms with Gasteiger partial charge in [0.1, 0.15) is 17.7 Å². The normalized spacial score (nSPS) is 10.8. The lowest BCUT2D eigenvalue weighted by Gasteiger charge is -2.05. The fraction of sp³-hybridized carbons (Fsp3) is 0. The molecule has 0 radical (unpaired) electrons. The summed E-state index contributed by atoms with van der Waals surface area (Å²) in [6, 6.07) is 5.80. The Morgan fingerprint density at radius 2 is 2.12 bits per heavy atom. The van der Waals surface area contributed by atoms with Crippen LogP contribution < -0.4 is 0 Å². The van der Waals surface area contributed by atoms with Crippen molar-refractivity contribution in [2.45, 2.75) is 0 Å². The SMILES string of the molecule is Clc1cncnc1-c1cccc2nccn12. The maximum atomic E-state index is 6.07. The molecule has 4 nitrogen and oxygen atoms in total. The van der Waals surface area contributed by atoms with E-state index in [0.29, 0.717) is 10.7 Å². The molecule has 0 aromatic carbocycles. The van der Waals surface area contributed by atoms with E-state index in [9.17, 15) is 0 Å². The van der Waals surface area contributed by atoms with Gasteiger partial charge in [-0.05, 0) is 12.1 Å². The summed E-state index contributed by atoms with van der Waals surface area (Å²) in [5, 5.41) is 0.531. The molecular formula is C11H7ClN4. The number of halogens is 1. The number of nitrogens with zero attached hydrogens (tertiary/aromatic N) is 4. The van der Waals surface area contributed by atoms with Crippen molar-refractivity contribution in [3.05, 3.63) is 48.1 Å². The number of hydrogen-bond acceptors (Lipinski definition) is 3. The highest BCUT2D eigenvalue weighted by Crippen LogP contribution is 2.24. The van der Waals surface area contributed by atoms with Crippen molar-refractivity contribution < 1.29 is 0 Å². The molecule has 0 N–H and O–H groups in total. The Kier molecular flexibility index (Phi) is 2.08. The molecule has 0 bridgehead atoms. The lowest BCUT2D eigenvalue weighted by molar-refractivity contribution is 1.12. The van der Waals surface area contributed by atoms with Crippen molar-refractivity contribution in [3.63, 3.8) is 0 Å². The number of hydrogen-bond donors (Lipinski definition) is 0. The Hall–Kier alpha value is -1.94. The summed E-state index contributed by atoms with van der Waals surface area (Å²) < 4.78 is 1.94. The number of fused-ring (bicyclic) bond motifs is 1. The quantitative estimate of drug-likeness (QED) is 0.645. The molecule has 0 saturated carbocycles. The van der Waals surface area contributed by atoms with Gasteiger partial charge in [0.2, 0.25) is 0 Å². The van der Waals surface area contributed by atoms with Crippen LogP contribution >= 0.6 is 11.6 Å². The Morgan fingerprint density at radius 3 is 3.00 bits per heavy atom. The third kappa shape index (κ3) is 1.35. The highest BCUT2D eigenvalue weighted by molar-refractivity contribution is 6.32. The molecule has 0 unspecified atom stereocenters. The van der Waals surface area contributed by atoms with Gasteiger partial charge in [0.25, 0.3) is 0 Å². The second kappa shape index (κ2) is 3.57. The van der Waals surface area contributed by atoms with E-state index >= 15 is 0 Å². The van der Waals surface area contributed by atoms with E-state index in [1.165, 1.54) is 6.33 Å². The lowest BCUT2D eigenvalue weighted by Crippen LogP contribution is -1.94. The van der Waals surface area contributed by atoms with Crippen molar-refractivity contribution in [3.8, 4) is 11.4 Å². The van der Waals surface area contributed by atoms with Crippen molar-refractivity contribution in [1.82, 2.24) is 19.4 Å². The second-order valence-electron chi connectivity index (χ2n) is 3.29. The Bertz CT molecular complexity index is 647. The van der Waals surface area contributed by atoms with Crippen LogP contribution in [-0.2, 0) is 0 Å². The summed E-state index contributed by atoms with van der Waals surface area (Å²) in [5.74, 6) is 0. The number of rotatable bonds is 1. The first-order valence-electron chi connectivity index (χ1n) is 4.74.